The molecule has 2 saturated heterocycles. The predicted molar refractivity (Wildman–Crippen MR) is 149 cm³/mol. The van der Waals surface area contributed by atoms with E-state index < -0.39 is 23.3 Å². The Balaban J connectivity index is 1.14. The number of rotatable bonds is 8. The second-order valence-corrected chi connectivity index (χ2v) is 10.6. The van der Waals surface area contributed by atoms with Crippen molar-refractivity contribution in [1.82, 2.24) is 25.6 Å². The SMILES string of the molecule is N#Cc1cc(CNCC2CCN(c3nccc(/C=C4\SC(=O)NC4=O)n3)CC2)cnc1-c1ccccc1OC(F)(F)F. The van der Waals surface area contributed by atoms with Gasteiger partial charge in [0.05, 0.1) is 21.9 Å². The van der Waals surface area contributed by atoms with Crippen LogP contribution < -0.4 is 20.3 Å². The molecule has 2 aliphatic heterocycles. The first kappa shape index (κ1) is 29.0. The van der Waals surface area contributed by atoms with Crippen LogP contribution in [0.1, 0.15) is 29.7 Å². The van der Waals surface area contributed by atoms with Crippen molar-refractivity contribution in [2.75, 3.05) is 24.5 Å². The highest BCUT2D eigenvalue weighted by Crippen LogP contribution is 2.34. The Morgan fingerprint density at radius 2 is 1.98 bits per heavy atom. The molecule has 0 saturated carbocycles. The number of nitrogens with one attached hydrogen (secondary N) is 2. The molecule has 2 N–H and O–H groups in total. The molecule has 2 fully saturated rings. The van der Waals surface area contributed by atoms with Gasteiger partial charge in [-0.15, -0.1) is 13.2 Å². The normalized spacial score (nSPS) is 16.9. The summed E-state index contributed by atoms with van der Waals surface area (Å²) in [6, 6.07) is 10.9. The first-order valence-corrected chi connectivity index (χ1v) is 13.8. The van der Waals surface area contributed by atoms with Crippen molar-refractivity contribution in [3.8, 4) is 23.1 Å². The number of hydrogen-bond acceptors (Lipinski definition) is 10. The van der Waals surface area contributed by atoms with Gasteiger partial charge in [0.1, 0.15) is 11.8 Å². The lowest BCUT2D eigenvalue weighted by atomic mass is 9.97. The lowest BCUT2D eigenvalue weighted by molar-refractivity contribution is -0.274. The number of hydrogen-bond donors (Lipinski definition) is 2. The second-order valence-electron chi connectivity index (χ2n) is 9.59. The Labute approximate surface area is 243 Å². The highest BCUT2D eigenvalue weighted by Gasteiger charge is 2.32. The zero-order valence-corrected chi connectivity index (χ0v) is 22.8. The molecule has 0 unspecified atom stereocenters. The molecule has 0 spiro atoms. The largest absolute Gasteiger partial charge is 0.573 e. The fourth-order valence-corrected chi connectivity index (χ4v) is 5.36. The first-order chi connectivity index (χ1) is 20.2. The molecule has 2 amide bonds. The molecule has 1 aromatic carbocycles. The van der Waals surface area contributed by atoms with E-state index in [0.717, 1.165) is 49.8 Å². The summed E-state index contributed by atoms with van der Waals surface area (Å²) in [4.78, 5) is 38.8. The summed E-state index contributed by atoms with van der Waals surface area (Å²) in [5.74, 6) is 0.0973. The molecule has 10 nitrogen and oxygen atoms in total. The Bertz CT molecular complexity index is 1570. The van der Waals surface area contributed by atoms with Crippen LogP contribution >= 0.6 is 11.8 Å². The van der Waals surface area contributed by atoms with Crippen LogP contribution in [0.25, 0.3) is 17.3 Å². The zero-order valence-electron chi connectivity index (χ0n) is 22.0. The number of aromatic nitrogens is 3. The molecule has 3 aromatic rings. The van der Waals surface area contributed by atoms with Crippen LogP contribution in [0.2, 0.25) is 0 Å². The molecule has 0 bridgehead atoms. The molecule has 14 heteroatoms. The Hall–Kier alpha value is -4.48. The van der Waals surface area contributed by atoms with Gasteiger partial charge in [-0.05, 0) is 73.0 Å². The minimum Gasteiger partial charge on any atom is -0.405 e. The zero-order chi connectivity index (χ0) is 29.7. The van der Waals surface area contributed by atoms with E-state index in [0.29, 0.717) is 29.0 Å². The van der Waals surface area contributed by atoms with Gasteiger partial charge in [0.25, 0.3) is 11.1 Å². The third-order valence-corrected chi connectivity index (χ3v) is 7.49. The fourth-order valence-electron chi connectivity index (χ4n) is 4.69. The standard InChI is InChI=1S/C28H24F3N7O3S/c29-28(30,31)41-22-4-2-1-3-21(22)24-19(13-32)11-18(16-35-24)15-33-14-17-6-9-38(10-7-17)26-34-8-5-20(36-26)12-23-25(39)37-27(40)42-23/h1-5,8,11-12,16-17,33H,6-7,9-10,14-15H2,(H,37,39,40)/b23-12-. The van der Waals surface area contributed by atoms with Gasteiger partial charge in [-0.2, -0.15) is 5.26 Å². The van der Waals surface area contributed by atoms with Gasteiger partial charge in [-0.25, -0.2) is 9.97 Å². The number of nitrogens with zero attached hydrogens (tertiary/aromatic N) is 5. The predicted octanol–water partition coefficient (Wildman–Crippen LogP) is 4.64. The number of para-hydroxylation sites is 1. The van der Waals surface area contributed by atoms with Crippen LogP contribution in [0.15, 0.2) is 53.7 Å². The van der Waals surface area contributed by atoms with Crippen molar-refractivity contribution in [2.45, 2.75) is 25.7 Å². The topological polar surface area (TPSA) is 133 Å². The molecule has 2 aliphatic rings. The molecule has 216 valence electrons. The number of carbonyl (C=O) groups excluding carboxylic acids is 2. The average Bonchev–Trinajstić information content (AvgIpc) is 3.29. The fraction of sp³-hybridized carbons (Fsp3) is 0.286. The summed E-state index contributed by atoms with van der Waals surface area (Å²) in [5, 5.41) is 14.9. The van der Waals surface area contributed by atoms with E-state index >= 15 is 0 Å². The number of nitriles is 1. The molecule has 0 aliphatic carbocycles. The number of anilines is 1. The van der Waals surface area contributed by atoms with Crippen molar-refractivity contribution in [3.05, 3.63) is 70.5 Å². The van der Waals surface area contributed by atoms with Crippen LogP contribution in [0.3, 0.4) is 0 Å². The molecule has 4 heterocycles. The number of halogens is 3. The minimum atomic E-state index is -4.87. The number of pyridine rings is 1. The Morgan fingerprint density at radius 3 is 2.69 bits per heavy atom. The van der Waals surface area contributed by atoms with E-state index in [1.807, 2.05) is 6.07 Å². The van der Waals surface area contributed by atoms with E-state index in [1.54, 1.807) is 36.7 Å². The quantitative estimate of drug-likeness (QED) is 0.355. The number of piperidine rings is 1. The van der Waals surface area contributed by atoms with E-state index in [4.69, 9.17) is 0 Å². The monoisotopic (exact) mass is 595 g/mol. The van der Waals surface area contributed by atoms with Gasteiger partial charge in [0.2, 0.25) is 5.95 Å². The van der Waals surface area contributed by atoms with Gasteiger partial charge in [0, 0.05) is 37.6 Å². The van der Waals surface area contributed by atoms with Crippen LogP contribution in [0, 0.1) is 17.2 Å². The van der Waals surface area contributed by atoms with Crippen molar-refractivity contribution in [3.63, 3.8) is 0 Å². The molecule has 0 atom stereocenters. The molecular weight excluding hydrogens is 571 g/mol. The second kappa shape index (κ2) is 12.6. The van der Waals surface area contributed by atoms with E-state index in [2.05, 4.69) is 35.2 Å². The van der Waals surface area contributed by atoms with Gasteiger partial charge < -0.3 is 15.0 Å². The summed E-state index contributed by atoms with van der Waals surface area (Å²) in [7, 11) is 0. The number of thioether (sulfide) groups is 1. The summed E-state index contributed by atoms with van der Waals surface area (Å²) in [6.45, 7) is 2.66. The smallest absolute Gasteiger partial charge is 0.405 e. The average molecular weight is 596 g/mol. The van der Waals surface area contributed by atoms with Crippen LogP contribution in [0.4, 0.5) is 23.9 Å². The molecule has 5 rings (SSSR count). The lowest BCUT2D eigenvalue weighted by Gasteiger charge is -2.32. The van der Waals surface area contributed by atoms with Crippen LogP contribution in [-0.2, 0) is 11.3 Å². The van der Waals surface area contributed by atoms with E-state index in [9.17, 15) is 28.0 Å². The number of imide groups is 1. The third-order valence-electron chi connectivity index (χ3n) is 6.68. The van der Waals surface area contributed by atoms with Crippen molar-refractivity contribution >= 4 is 34.9 Å². The van der Waals surface area contributed by atoms with Gasteiger partial charge in [-0.3, -0.25) is 19.9 Å². The van der Waals surface area contributed by atoms with E-state index in [-0.39, 0.29) is 16.8 Å². The highest BCUT2D eigenvalue weighted by atomic mass is 32.2. The van der Waals surface area contributed by atoms with Crippen molar-refractivity contribution < 1.29 is 27.5 Å². The summed E-state index contributed by atoms with van der Waals surface area (Å²) >= 11 is 0.838. The number of benzene rings is 1. The maximum absolute atomic E-state index is 12.8. The van der Waals surface area contributed by atoms with Crippen molar-refractivity contribution in [1.29, 1.82) is 5.26 Å². The van der Waals surface area contributed by atoms with Crippen molar-refractivity contribution in [2.24, 2.45) is 5.92 Å². The van der Waals surface area contributed by atoms with Crippen LogP contribution in [-0.4, -0.2) is 52.1 Å². The Kier molecular flexibility index (Phi) is 8.69. The number of carbonyl (C=O) groups is 2. The van der Waals surface area contributed by atoms with Gasteiger partial charge >= 0.3 is 6.36 Å². The minimum absolute atomic E-state index is 0.0850. The summed E-state index contributed by atoms with van der Waals surface area (Å²) in [5.41, 5.74) is 1.63. The third kappa shape index (κ3) is 7.23. The molecule has 42 heavy (non-hydrogen) atoms. The molecule has 0 radical (unpaired) electrons. The first-order valence-electron chi connectivity index (χ1n) is 13.0. The van der Waals surface area contributed by atoms with Gasteiger partial charge in [0.15, 0.2) is 0 Å². The summed E-state index contributed by atoms with van der Waals surface area (Å²) in [6.07, 6.45) is 1.66. The molecule has 2 aromatic heterocycles. The maximum atomic E-state index is 12.8. The number of ether oxygens (including phenoxy) is 1. The highest BCUT2D eigenvalue weighted by molar-refractivity contribution is 8.18. The lowest BCUT2D eigenvalue weighted by Crippen LogP contribution is -2.38. The maximum Gasteiger partial charge on any atom is 0.573 e. The van der Waals surface area contributed by atoms with Crippen LogP contribution in [0.5, 0.6) is 5.75 Å². The van der Waals surface area contributed by atoms with E-state index in [1.165, 1.54) is 18.2 Å². The van der Waals surface area contributed by atoms with Gasteiger partial charge in [-0.1, -0.05) is 12.1 Å². The number of amides is 2. The summed E-state index contributed by atoms with van der Waals surface area (Å²) < 4.78 is 42.6. The molecular formula is C28H24F3N7O3S. The number of alkyl halides is 3. The Morgan fingerprint density at radius 1 is 1.19 bits per heavy atom.